The quantitative estimate of drug-likeness (QED) is 0.674. The van der Waals surface area contributed by atoms with Crippen molar-refractivity contribution in [3.8, 4) is 5.75 Å². The SMILES string of the molecule is Nc1c(C(F)F)cnc(Br)c1OC(F)(F)F. The molecule has 0 saturated heterocycles. The van der Waals surface area contributed by atoms with Gasteiger partial charge in [0.05, 0.1) is 11.3 Å². The van der Waals surface area contributed by atoms with Crippen LogP contribution in [0.3, 0.4) is 0 Å². The van der Waals surface area contributed by atoms with Crippen molar-refractivity contribution in [2.45, 2.75) is 12.8 Å². The Balaban J connectivity index is 3.21. The summed E-state index contributed by atoms with van der Waals surface area (Å²) in [5.41, 5.74) is 3.50. The van der Waals surface area contributed by atoms with Crippen LogP contribution >= 0.6 is 15.9 Å². The summed E-state index contributed by atoms with van der Waals surface area (Å²) in [4.78, 5) is 3.28. The predicted molar refractivity (Wildman–Crippen MR) is 48.0 cm³/mol. The minimum atomic E-state index is -5.03. The average molecular weight is 307 g/mol. The van der Waals surface area contributed by atoms with Crippen LogP contribution in [-0.2, 0) is 0 Å². The smallest absolute Gasteiger partial charge is 0.401 e. The normalized spacial score (nSPS) is 11.9. The number of ether oxygens (including phenoxy) is 1. The zero-order valence-electron chi connectivity index (χ0n) is 7.36. The van der Waals surface area contributed by atoms with Crippen LogP contribution in [0.2, 0.25) is 0 Å². The molecule has 0 fully saturated rings. The molecule has 0 amide bonds. The summed E-state index contributed by atoms with van der Waals surface area (Å²) in [5, 5.41) is 0. The molecule has 0 aromatic carbocycles. The molecule has 0 bridgehead atoms. The van der Waals surface area contributed by atoms with Gasteiger partial charge in [-0.25, -0.2) is 13.8 Å². The fraction of sp³-hybridized carbons (Fsp3) is 0.286. The number of hydrogen-bond acceptors (Lipinski definition) is 3. The molecule has 2 N–H and O–H groups in total. The van der Waals surface area contributed by atoms with E-state index in [1.54, 1.807) is 0 Å². The molecule has 90 valence electrons. The van der Waals surface area contributed by atoms with E-state index >= 15 is 0 Å². The monoisotopic (exact) mass is 306 g/mol. The summed E-state index contributed by atoms with van der Waals surface area (Å²) in [5.74, 6) is -0.967. The average Bonchev–Trinajstić information content (AvgIpc) is 2.10. The van der Waals surface area contributed by atoms with Crippen molar-refractivity contribution in [1.82, 2.24) is 4.98 Å². The van der Waals surface area contributed by atoms with Crippen LogP contribution in [0.4, 0.5) is 27.6 Å². The van der Waals surface area contributed by atoms with Gasteiger partial charge in [0, 0.05) is 6.20 Å². The highest BCUT2D eigenvalue weighted by Crippen LogP contribution is 2.39. The molecule has 0 saturated carbocycles. The third kappa shape index (κ3) is 2.94. The molecule has 0 aliphatic carbocycles. The van der Waals surface area contributed by atoms with E-state index in [1.807, 2.05) is 0 Å². The van der Waals surface area contributed by atoms with E-state index in [9.17, 15) is 22.0 Å². The van der Waals surface area contributed by atoms with E-state index in [4.69, 9.17) is 5.73 Å². The number of hydrogen-bond donors (Lipinski definition) is 1. The van der Waals surface area contributed by atoms with E-state index < -0.39 is 34.4 Å². The lowest BCUT2D eigenvalue weighted by atomic mass is 10.2. The second-order valence-electron chi connectivity index (χ2n) is 2.60. The molecule has 1 aromatic rings. The van der Waals surface area contributed by atoms with Gasteiger partial charge in [-0.15, -0.1) is 13.2 Å². The molecule has 0 aliphatic rings. The largest absolute Gasteiger partial charge is 0.573 e. The van der Waals surface area contributed by atoms with Crippen molar-refractivity contribution in [2.24, 2.45) is 0 Å². The second-order valence-corrected chi connectivity index (χ2v) is 3.35. The summed E-state index contributed by atoms with van der Waals surface area (Å²) < 4.78 is 63.5. The van der Waals surface area contributed by atoms with Crippen molar-refractivity contribution in [2.75, 3.05) is 5.73 Å². The molecule has 0 radical (unpaired) electrons. The molecule has 3 nitrogen and oxygen atoms in total. The maximum absolute atomic E-state index is 12.3. The highest BCUT2D eigenvalue weighted by molar-refractivity contribution is 9.10. The van der Waals surface area contributed by atoms with Crippen LogP contribution < -0.4 is 10.5 Å². The van der Waals surface area contributed by atoms with Gasteiger partial charge in [0.2, 0.25) is 0 Å². The lowest BCUT2D eigenvalue weighted by Gasteiger charge is -2.14. The number of halogens is 6. The molecule has 1 heterocycles. The van der Waals surface area contributed by atoms with Gasteiger partial charge in [0.15, 0.2) is 10.4 Å². The minimum Gasteiger partial charge on any atom is -0.401 e. The van der Waals surface area contributed by atoms with Crippen LogP contribution in [0.5, 0.6) is 5.75 Å². The van der Waals surface area contributed by atoms with E-state index in [-0.39, 0.29) is 0 Å². The number of alkyl halides is 5. The highest BCUT2D eigenvalue weighted by Gasteiger charge is 2.34. The molecule has 0 spiro atoms. The molecule has 0 atom stereocenters. The van der Waals surface area contributed by atoms with E-state index in [2.05, 4.69) is 25.7 Å². The standard InChI is InChI=1S/C7H4BrF5N2O/c8-5-4(16-7(11,12)13)3(14)2(1-15-5)6(9)10/h1,6H,(H2,14,15). The number of rotatable bonds is 2. The summed E-state index contributed by atoms with van der Waals surface area (Å²) in [7, 11) is 0. The maximum atomic E-state index is 12.3. The zero-order chi connectivity index (χ0) is 12.5. The van der Waals surface area contributed by atoms with Crippen LogP contribution in [0.15, 0.2) is 10.8 Å². The van der Waals surface area contributed by atoms with Crippen molar-refractivity contribution >= 4 is 21.6 Å². The number of pyridine rings is 1. The van der Waals surface area contributed by atoms with E-state index in [1.165, 1.54) is 0 Å². The fourth-order valence-corrected chi connectivity index (χ4v) is 1.28. The minimum absolute atomic E-state index is 0.397. The van der Waals surface area contributed by atoms with Crippen LogP contribution in [0.25, 0.3) is 0 Å². The number of nitrogens with two attached hydrogens (primary N) is 1. The first-order valence-corrected chi connectivity index (χ1v) is 4.49. The van der Waals surface area contributed by atoms with E-state index in [0.717, 1.165) is 0 Å². The Bertz CT molecular complexity index is 395. The maximum Gasteiger partial charge on any atom is 0.573 e. The molecule has 1 aromatic heterocycles. The van der Waals surface area contributed by atoms with Gasteiger partial charge in [0.25, 0.3) is 6.43 Å². The first kappa shape index (κ1) is 12.9. The van der Waals surface area contributed by atoms with Crippen molar-refractivity contribution in [3.63, 3.8) is 0 Å². The van der Waals surface area contributed by atoms with Gasteiger partial charge < -0.3 is 10.5 Å². The van der Waals surface area contributed by atoms with Gasteiger partial charge >= 0.3 is 6.36 Å². The molecule has 16 heavy (non-hydrogen) atoms. The number of nitrogens with zero attached hydrogens (tertiary/aromatic N) is 1. The van der Waals surface area contributed by atoms with Crippen LogP contribution in [-0.4, -0.2) is 11.3 Å². The van der Waals surface area contributed by atoms with E-state index in [0.29, 0.717) is 6.20 Å². The van der Waals surface area contributed by atoms with Crippen molar-refractivity contribution < 1.29 is 26.7 Å². The molecule has 9 heteroatoms. The summed E-state index contributed by atoms with van der Waals surface area (Å²) >= 11 is 2.62. The van der Waals surface area contributed by atoms with Gasteiger partial charge in [-0.3, -0.25) is 0 Å². The van der Waals surface area contributed by atoms with Gasteiger partial charge in [0.1, 0.15) is 0 Å². The third-order valence-electron chi connectivity index (χ3n) is 1.51. The summed E-state index contributed by atoms with van der Waals surface area (Å²) in [6, 6.07) is 0. The second kappa shape index (κ2) is 4.40. The number of aromatic nitrogens is 1. The Morgan fingerprint density at radius 3 is 2.38 bits per heavy atom. The predicted octanol–water partition coefficient (Wildman–Crippen LogP) is 3.26. The fourth-order valence-electron chi connectivity index (χ4n) is 0.883. The Morgan fingerprint density at radius 1 is 1.38 bits per heavy atom. The number of anilines is 1. The summed E-state index contributed by atoms with van der Waals surface area (Å²) in [6.07, 6.45) is -7.39. The lowest BCUT2D eigenvalue weighted by Crippen LogP contribution is -2.19. The third-order valence-corrected chi connectivity index (χ3v) is 2.08. The molecular weight excluding hydrogens is 303 g/mol. The summed E-state index contributed by atoms with van der Waals surface area (Å²) in [6.45, 7) is 0. The Hall–Kier alpha value is -1.12. The first-order valence-electron chi connectivity index (χ1n) is 3.70. The van der Waals surface area contributed by atoms with Gasteiger partial charge in [-0.05, 0) is 15.9 Å². The first-order chi connectivity index (χ1) is 7.22. The zero-order valence-corrected chi connectivity index (χ0v) is 8.94. The number of nitrogen functional groups attached to an aromatic ring is 1. The Kier molecular flexibility index (Phi) is 3.56. The lowest BCUT2D eigenvalue weighted by molar-refractivity contribution is -0.274. The molecule has 1 rings (SSSR count). The van der Waals surface area contributed by atoms with Gasteiger partial charge in [-0.1, -0.05) is 0 Å². The molecule has 0 aliphatic heterocycles. The topological polar surface area (TPSA) is 48.1 Å². The molecular formula is C7H4BrF5N2O. The van der Waals surface area contributed by atoms with Crippen molar-refractivity contribution in [1.29, 1.82) is 0 Å². The Labute approximate surface area is 94.5 Å². The molecule has 0 unspecified atom stereocenters. The Morgan fingerprint density at radius 2 is 1.94 bits per heavy atom. The van der Waals surface area contributed by atoms with Crippen molar-refractivity contribution in [3.05, 3.63) is 16.4 Å². The van der Waals surface area contributed by atoms with Crippen LogP contribution in [0, 0.1) is 0 Å². The van der Waals surface area contributed by atoms with Gasteiger partial charge in [-0.2, -0.15) is 0 Å². The van der Waals surface area contributed by atoms with Crippen LogP contribution in [0.1, 0.15) is 12.0 Å². The highest BCUT2D eigenvalue weighted by atomic mass is 79.9.